The number of carbonyl (C=O) groups is 1. The second kappa shape index (κ2) is 7.52. The van der Waals surface area contributed by atoms with Gasteiger partial charge in [-0.05, 0) is 34.9 Å². The molecule has 2 fully saturated rings. The first-order valence-corrected chi connectivity index (χ1v) is 8.62. The molecule has 0 bridgehead atoms. The summed E-state index contributed by atoms with van der Waals surface area (Å²) in [7, 11) is 0. The van der Waals surface area contributed by atoms with E-state index in [0.29, 0.717) is 18.4 Å². The summed E-state index contributed by atoms with van der Waals surface area (Å²) >= 11 is 0. The summed E-state index contributed by atoms with van der Waals surface area (Å²) in [6.07, 6.45) is 0.261. The number of benzene rings is 1. The Labute approximate surface area is 157 Å². The van der Waals surface area contributed by atoms with Crippen molar-refractivity contribution >= 4 is 30.5 Å². The molecule has 2 aliphatic heterocycles. The van der Waals surface area contributed by atoms with Crippen molar-refractivity contribution in [2.24, 2.45) is 11.8 Å². The summed E-state index contributed by atoms with van der Waals surface area (Å²) in [5.41, 5.74) is 2.90. The van der Waals surface area contributed by atoms with Crippen LogP contribution in [0.3, 0.4) is 0 Å². The van der Waals surface area contributed by atoms with Gasteiger partial charge in [-0.2, -0.15) is 0 Å². The maximum absolute atomic E-state index is 10.7. The molecule has 1 N–H and O–H groups in total. The van der Waals surface area contributed by atoms with Gasteiger partial charge in [-0.3, -0.25) is 4.79 Å². The molecule has 128 valence electrons. The third kappa shape index (κ3) is 4.36. The maximum atomic E-state index is 10.7. The number of aliphatic carboxylic acids is 1. The molecule has 2 saturated heterocycles. The molecule has 0 aliphatic carbocycles. The fourth-order valence-corrected chi connectivity index (χ4v) is 3.91. The Morgan fingerprint density at radius 2 is 1.62 bits per heavy atom. The van der Waals surface area contributed by atoms with Gasteiger partial charge in [-0.25, -0.2) is 0 Å². The van der Waals surface area contributed by atoms with E-state index in [1.54, 1.807) is 0 Å². The van der Waals surface area contributed by atoms with Crippen molar-refractivity contribution in [2.45, 2.75) is 32.6 Å². The third-order valence-corrected chi connectivity index (χ3v) is 5.30. The van der Waals surface area contributed by atoms with Crippen LogP contribution in [-0.2, 0) is 10.2 Å². The number of fused-ring (bicyclic) bond motifs is 1. The molecule has 0 spiro atoms. The van der Waals surface area contributed by atoms with Crippen molar-refractivity contribution in [3.8, 4) is 0 Å². The van der Waals surface area contributed by atoms with E-state index >= 15 is 0 Å². The van der Waals surface area contributed by atoms with E-state index in [1.807, 2.05) is 0 Å². The van der Waals surface area contributed by atoms with Crippen LogP contribution in [0, 0.1) is 11.8 Å². The van der Waals surface area contributed by atoms with Gasteiger partial charge < -0.3 is 14.9 Å². The third-order valence-electron chi connectivity index (χ3n) is 5.30. The van der Waals surface area contributed by atoms with Gasteiger partial charge in [-0.15, -0.1) is 0 Å². The number of anilines is 1. The SMILES string of the molecule is CC(C)(C)c1ccc(N2CC3CN(CCC(=O)O)CC3C2)cc1.[LiH]. The van der Waals surface area contributed by atoms with E-state index < -0.39 is 5.97 Å². The molecule has 4 nitrogen and oxygen atoms in total. The summed E-state index contributed by atoms with van der Waals surface area (Å²) in [6, 6.07) is 9.01. The molecule has 24 heavy (non-hydrogen) atoms. The zero-order chi connectivity index (χ0) is 16.6. The van der Waals surface area contributed by atoms with Crippen LogP contribution in [0.1, 0.15) is 32.8 Å². The standard InChI is InChI=1S/C19H28N2O2.Li.H/c1-19(2,3)16-4-6-17(7-5-16)21-12-14-10-20(9-8-18(22)23)11-15(14)13-21;;/h4-7,14-15H,8-13H2,1-3H3,(H,22,23);;. The van der Waals surface area contributed by atoms with Crippen molar-refractivity contribution in [2.75, 3.05) is 37.6 Å². The van der Waals surface area contributed by atoms with Gasteiger partial charge in [0.05, 0.1) is 6.42 Å². The van der Waals surface area contributed by atoms with Crippen molar-refractivity contribution in [3.63, 3.8) is 0 Å². The van der Waals surface area contributed by atoms with Gasteiger partial charge >= 0.3 is 24.8 Å². The van der Waals surface area contributed by atoms with Crippen LogP contribution in [0.15, 0.2) is 24.3 Å². The van der Waals surface area contributed by atoms with Gasteiger partial charge in [0.2, 0.25) is 0 Å². The summed E-state index contributed by atoms with van der Waals surface area (Å²) in [5, 5.41) is 8.81. The molecular formula is C19H29LiN2O2. The number of nitrogens with zero attached hydrogens (tertiary/aromatic N) is 2. The van der Waals surface area contributed by atoms with Crippen LogP contribution >= 0.6 is 0 Å². The summed E-state index contributed by atoms with van der Waals surface area (Å²) in [4.78, 5) is 15.5. The van der Waals surface area contributed by atoms with E-state index in [9.17, 15) is 4.79 Å². The molecule has 0 saturated carbocycles. The minimum absolute atomic E-state index is 0. The molecule has 2 unspecified atom stereocenters. The van der Waals surface area contributed by atoms with Crippen LogP contribution < -0.4 is 4.90 Å². The van der Waals surface area contributed by atoms with Gasteiger partial charge in [0.25, 0.3) is 0 Å². The van der Waals surface area contributed by atoms with E-state index in [1.165, 1.54) is 11.3 Å². The predicted molar refractivity (Wildman–Crippen MR) is 100 cm³/mol. The zero-order valence-electron chi connectivity index (χ0n) is 14.5. The Balaban J connectivity index is 0.00000208. The molecule has 0 amide bonds. The van der Waals surface area contributed by atoms with Gasteiger partial charge in [-0.1, -0.05) is 32.9 Å². The molecule has 0 radical (unpaired) electrons. The molecule has 2 aliphatic rings. The first-order valence-electron chi connectivity index (χ1n) is 8.62. The van der Waals surface area contributed by atoms with E-state index in [2.05, 4.69) is 54.8 Å². The van der Waals surface area contributed by atoms with Crippen molar-refractivity contribution in [1.29, 1.82) is 0 Å². The second-order valence-corrected chi connectivity index (χ2v) is 8.13. The number of rotatable bonds is 4. The second-order valence-electron chi connectivity index (χ2n) is 8.13. The number of hydrogen-bond acceptors (Lipinski definition) is 3. The van der Waals surface area contributed by atoms with Crippen LogP contribution in [0.25, 0.3) is 0 Å². The van der Waals surface area contributed by atoms with Crippen molar-refractivity contribution < 1.29 is 9.90 Å². The average molecular weight is 324 g/mol. The fourth-order valence-electron chi connectivity index (χ4n) is 3.91. The molecule has 3 rings (SSSR count). The summed E-state index contributed by atoms with van der Waals surface area (Å²) in [6.45, 7) is 11.7. The molecule has 2 atom stereocenters. The first-order chi connectivity index (χ1) is 10.8. The Bertz CT molecular complexity index is 554. The van der Waals surface area contributed by atoms with Gasteiger partial charge in [0.1, 0.15) is 0 Å². The zero-order valence-corrected chi connectivity index (χ0v) is 14.5. The molecule has 1 aromatic carbocycles. The van der Waals surface area contributed by atoms with E-state index in [0.717, 1.165) is 26.2 Å². The quantitative estimate of drug-likeness (QED) is 0.862. The molecular weight excluding hydrogens is 295 g/mol. The van der Waals surface area contributed by atoms with Crippen LogP contribution in [0.5, 0.6) is 0 Å². The molecule has 0 aromatic heterocycles. The predicted octanol–water partition coefficient (Wildman–Crippen LogP) is 2.18. The Morgan fingerprint density at radius 3 is 2.08 bits per heavy atom. The molecule has 5 heteroatoms. The van der Waals surface area contributed by atoms with Crippen LogP contribution in [0.4, 0.5) is 5.69 Å². The van der Waals surface area contributed by atoms with Crippen molar-refractivity contribution in [1.82, 2.24) is 4.90 Å². The monoisotopic (exact) mass is 324 g/mol. The van der Waals surface area contributed by atoms with E-state index in [4.69, 9.17) is 5.11 Å². The fraction of sp³-hybridized carbons (Fsp3) is 0.632. The molecule has 2 heterocycles. The summed E-state index contributed by atoms with van der Waals surface area (Å²) < 4.78 is 0. The Morgan fingerprint density at radius 1 is 1.08 bits per heavy atom. The van der Waals surface area contributed by atoms with E-state index in [-0.39, 0.29) is 30.7 Å². The number of likely N-dealkylation sites (tertiary alicyclic amines) is 1. The van der Waals surface area contributed by atoms with Gasteiger partial charge in [0.15, 0.2) is 0 Å². The topological polar surface area (TPSA) is 43.8 Å². The summed E-state index contributed by atoms with van der Waals surface area (Å²) in [5.74, 6) is 0.680. The van der Waals surface area contributed by atoms with Gasteiger partial charge in [0, 0.05) is 38.4 Å². The number of carboxylic acid groups (broad SMARTS) is 1. The average Bonchev–Trinajstić information content (AvgIpc) is 3.02. The van der Waals surface area contributed by atoms with Crippen LogP contribution in [-0.4, -0.2) is 67.6 Å². The van der Waals surface area contributed by atoms with Crippen LogP contribution in [0.2, 0.25) is 0 Å². The first kappa shape index (κ1) is 19.4. The Kier molecular flexibility index (Phi) is 6.07. The normalized spacial score (nSPS) is 23.9. The molecule has 1 aromatic rings. The minimum atomic E-state index is -0.692. The Hall–Kier alpha value is -0.953. The number of carboxylic acids is 1. The number of hydrogen-bond donors (Lipinski definition) is 1. The van der Waals surface area contributed by atoms with Crippen molar-refractivity contribution in [3.05, 3.63) is 29.8 Å².